The molecule has 1 aliphatic rings. The number of carbonyl (C=O) groups is 1. The predicted molar refractivity (Wildman–Crippen MR) is 67.6 cm³/mol. The third-order valence-electron chi connectivity index (χ3n) is 3.18. The minimum atomic E-state index is -5.01. The Kier molecular flexibility index (Phi) is 3.83. The average molecular weight is 304 g/mol. The van der Waals surface area contributed by atoms with Crippen molar-refractivity contribution in [3.8, 4) is 0 Å². The highest BCUT2D eigenvalue weighted by atomic mass is 19.4. The summed E-state index contributed by atoms with van der Waals surface area (Å²) in [5, 5.41) is 13.7. The summed E-state index contributed by atoms with van der Waals surface area (Å²) in [6.07, 6.45) is -4.91. The Balaban J connectivity index is 2.38. The minimum Gasteiger partial charge on any atom is -0.456 e. The number of hydrazone groups is 1. The summed E-state index contributed by atoms with van der Waals surface area (Å²) in [5.74, 6) is -1.03. The summed E-state index contributed by atoms with van der Waals surface area (Å²) in [5.41, 5.74) is -3.19. The molecule has 0 saturated carbocycles. The molecule has 1 aromatic rings. The second-order valence-corrected chi connectivity index (χ2v) is 4.93. The molecule has 116 valence electrons. The molecule has 0 saturated heterocycles. The Labute approximate surface area is 119 Å². The van der Waals surface area contributed by atoms with Crippen LogP contribution in [0.4, 0.5) is 13.2 Å². The van der Waals surface area contributed by atoms with Gasteiger partial charge in [0.25, 0.3) is 5.72 Å². The summed E-state index contributed by atoms with van der Waals surface area (Å²) in [4.78, 5) is 12.1. The number of hydrogen-bond donors (Lipinski definition) is 1. The van der Waals surface area contributed by atoms with Gasteiger partial charge >= 0.3 is 12.1 Å². The molecule has 2 rings (SSSR count). The molecule has 1 amide bonds. The molecule has 2 heterocycles. The average Bonchev–Trinajstić information content (AvgIpc) is 2.93. The maximum absolute atomic E-state index is 13.1. The lowest BCUT2D eigenvalue weighted by atomic mass is 10.0. The Bertz CT molecular complexity index is 579. The highest BCUT2D eigenvalue weighted by Crippen LogP contribution is 2.41. The van der Waals surface area contributed by atoms with Gasteiger partial charge in [0.2, 0.25) is 0 Å². The van der Waals surface area contributed by atoms with Gasteiger partial charge in [0.1, 0.15) is 5.76 Å². The Morgan fingerprint density at radius 2 is 2.19 bits per heavy atom. The van der Waals surface area contributed by atoms with E-state index in [1.165, 1.54) is 12.1 Å². The van der Waals surface area contributed by atoms with Gasteiger partial charge in [-0.3, -0.25) is 4.79 Å². The lowest BCUT2D eigenvalue weighted by molar-refractivity contribution is -0.297. The molecule has 0 bridgehead atoms. The summed E-state index contributed by atoms with van der Waals surface area (Å²) < 4.78 is 44.4. The second-order valence-electron chi connectivity index (χ2n) is 4.93. The van der Waals surface area contributed by atoms with Crippen molar-refractivity contribution in [1.29, 1.82) is 0 Å². The largest absolute Gasteiger partial charge is 0.456 e. The first kappa shape index (κ1) is 15.6. The van der Waals surface area contributed by atoms with E-state index in [1.54, 1.807) is 13.8 Å². The SMILES string of the molecule is CCCC1=NN(C(=O)c2ccc(C)o2)[C@](O)(C(F)(F)F)C1. The first-order valence-electron chi connectivity index (χ1n) is 6.45. The molecule has 5 nitrogen and oxygen atoms in total. The van der Waals surface area contributed by atoms with Gasteiger partial charge in [0.15, 0.2) is 5.76 Å². The van der Waals surface area contributed by atoms with Crippen LogP contribution in [0.3, 0.4) is 0 Å². The summed E-state index contributed by atoms with van der Waals surface area (Å²) in [6, 6.07) is 2.70. The first-order valence-corrected chi connectivity index (χ1v) is 6.45. The molecule has 0 aliphatic carbocycles. The number of alkyl halides is 3. The van der Waals surface area contributed by atoms with E-state index in [4.69, 9.17) is 4.42 Å². The van der Waals surface area contributed by atoms with E-state index in [2.05, 4.69) is 5.10 Å². The Hall–Kier alpha value is -1.83. The fourth-order valence-corrected chi connectivity index (χ4v) is 2.13. The highest BCUT2D eigenvalue weighted by molar-refractivity contribution is 5.96. The van der Waals surface area contributed by atoms with E-state index in [0.717, 1.165) is 0 Å². The zero-order valence-electron chi connectivity index (χ0n) is 11.6. The monoisotopic (exact) mass is 304 g/mol. The lowest BCUT2D eigenvalue weighted by Crippen LogP contribution is -2.56. The maximum Gasteiger partial charge on any atom is 0.438 e. The van der Waals surface area contributed by atoms with E-state index in [0.29, 0.717) is 12.2 Å². The van der Waals surface area contributed by atoms with Gasteiger partial charge in [0, 0.05) is 12.1 Å². The number of aryl methyl sites for hydroxylation is 1. The molecule has 1 aliphatic heterocycles. The molecule has 1 aromatic heterocycles. The van der Waals surface area contributed by atoms with Crippen LogP contribution in [0.1, 0.15) is 42.5 Å². The van der Waals surface area contributed by atoms with Crippen LogP contribution in [-0.2, 0) is 0 Å². The number of halogens is 3. The van der Waals surface area contributed by atoms with Crippen molar-refractivity contribution in [3.63, 3.8) is 0 Å². The minimum absolute atomic E-state index is 0.0796. The zero-order chi connectivity index (χ0) is 15.8. The van der Waals surface area contributed by atoms with E-state index in [1.807, 2.05) is 0 Å². The predicted octanol–water partition coefficient (Wildman–Crippen LogP) is 2.84. The van der Waals surface area contributed by atoms with E-state index >= 15 is 0 Å². The van der Waals surface area contributed by atoms with Crippen LogP contribution >= 0.6 is 0 Å². The van der Waals surface area contributed by atoms with E-state index in [-0.39, 0.29) is 22.9 Å². The van der Waals surface area contributed by atoms with Gasteiger partial charge in [-0.15, -0.1) is 0 Å². The van der Waals surface area contributed by atoms with Gasteiger partial charge < -0.3 is 9.52 Å². The molecule has 0 spiro atoms. The van der Waals surface area contributed by atoms with Crippen LogP contribution in [0, 0.1) is 6.92 Å². The topological polar surface area (TPSA) is 66.0 Å². The number of hydrogen-bond acceptors (Lipinski definition) is 4. The number of nitrogens with zero attached hydrogens (tertiary/aromatic N) is 2. The third kappa shape index (κ3) is 2.67. The van der Waals surface area contributed by atoms with E-state index < -0.39 is 24.2 Å². The molecule has 1 atom stereocenters. The van der Waals surface area contributed by atoms with Gasteiger partial charge in [0.05, 0.1) is 0 Å². The van der Waals surface area contributed by atoms with Gasteiger partial charge in [-0.05, 0) is 25.5 Å². The summed E-state index contributed by atoms with van der Waals surface area (Å²) in [6.45, 7) is 3.33. The van der Waals surface area contributed by atoms with Crippen molar-refractivity contribution in [1.82, 2.24) is 5.01 Å². The fourth-order valence-electron chi connectivity index (χ4n) is 2.13. The standard InChI is InChI=1S/C13H15F3N2O3/c1-3-4-9-7-12(20,13(14,15)16)18(17-9)11(19)10-6-5-8(2)21-10/h5-6,20H,3-4,7H2,1-2H3/t12-/m1/s1. The summed E-state index contributed by atoms with van der Waals surface area (Å²) >= 11 is 0. The number of aliphatic hydroxyl groups is 1. The number of carbonyl (C=O) groups excluding carboxylic acids is 1. The molecular weight excluding hydrogens is 289 g/mol. The quantitative estimate of drug-likeness (QED) is 0.933. The van der Waals surface area contributed by atoms with Crippen LogP contribution in [-0.4, -0.2) is 33.6 Å². The number of amides is 1. The number of rotatable bonds is 3. The molecule has 21 heavy (non-hydrogen) atoms. The molecule has 0 fully saturated rings. The van der Waals surface area contributed by atoms with Crippen molar-refractivity contribution in [2.45, 2.75) is 45.0 Å². The van der Waals surface area contributed by atoms with Crippen LogP contribution < -0.4 is 0 Å². The maximum atomic E-state index is 13.1. The van der Waals surface area contributed by atoms with Crippen LogP contribution in [0.5, 0.6) is 0 Å². The smallest absolute Gasteiger partial charge is 0.438 e. The van der Waals surface area contributed by atoms with Crippen molar-refractivity contribution in [2.75, 3.05) is 0 Å². The Morgan fingerprint density at radius 1 is 1.52 bits per heavy atom. The number of furan rings is 1. The van der Waals surface area contributed by atoms with Gasteiger partial charge in [-0.25, -0.2) is 0 Å². The Morgan fingerprint density at radius 3 is 2.67 bits per heavy atom. The third-order valence-corrected chi connectivity index (χ3v) is 3.18. The van der Waals surface area contributed by atoms with Crippen LogP contribution in [0.25, 0.3) is 0 Å². The zero-order valence-corrected chi connectivity index (χ0v) is 11.6. The lowest BCUT2D eigenvalue weighted by Gasteiger charge is -2.32. The van der Waals surface area contributed by atoms with Crippen molar-refractivity contribution in [2.24, 2.45) is 5.10 Å². The molecule has 0 aromatic carbocycles. The van der Waals surface area contributed by atoms with Crippen molar-refractivity contribution < 1.29 is 27.5 Å². The van der Waals surface area contributed by atoms with Crippen molar-refractivity contribution in [3.05, 3.63) is 23.7 Å². The second kappa shape index (κ2) is 5.18. The molecule has 0 unspecified atom stereocenters. The summed E-state index contributed by atoms with van der Waals surface area (Å²) in [7, 11) is 0. The van der Waals surface area contributed by atoms with Crippen LogP contribution in [0.15, 0.2) is 21.7 Å². The van der Waals surface area contributed by atoms with Crippen LogP contribution in [0.2, 0.25) is 0 Å². The molecule has 1 N–H and O–H groups in total. The molecule has 0 radical (unpaired) electrons. The normalized spacial score (nSPS) is 22.6. The molecule has 8 heteroatoms. The fraction of sp³-hybridized carbons (Fsp3) is 0.538. The van der Waals surface area contributed by atoms with Crippen molar-refractivity contribution >= 4 is 11.6 Å². The van der Waals surface area contributed by atoms with Gasteiger partial charge in [-0.1, -0.05) is 13.3 Å². The first-order chi connectivity index (χ1) is 9.69. The highest BCUT2D eigenvalue weighted by Gasteiger charge is 2.63. The molecular formula is C13H15F3N2O3. The van der Waals surface area contributed by atoms with Gasteiger partial charge in [-0.2, -0.15) is 23.3 Å². The van der Waals surface area contributed by atoms with E-state index in [9.17, 15) is 23.1 Å².